The second-order valence-electron chi connectivity index (χ2n) is 2.09. The average Bonchev–Trinajstić information content (AvgIpc) is 1.94. The van der Waals surface area contributed by atoms with Gasteiger partial charge in [0.05, 0.1) is 0 Å². The van der Waals surface area contributed by atoms with Crippen molar-refractivity contribution in [2.75, 3.05) is 12.7 Å². The third-order valence-electron chi connectivity index (χ3n) is 1.34. The van der Waals surface area contributed by atoms with Gasteiger partial charge < -0.3 is 5.21 Å². The number of hydrogen-bond donors (Lipinski definition) is 1. The van der Waals surface area contributed by atoms with Crippen LogP contribution in [-0.2, 0) is 0 Å². The molecule has 3 heteroatoms. The van der Waals surface area contributed by atoms with E-state index in [9.17, 15) is 0 Å². The van der Waals surface area contributed by atoms with Crippen molar-refractivity contribution in [3.8, 4) is 0 Å². The summed E-state index contributed by atoms with van der Waals surface area (Å²) >= 11 is 0. The normalized spacial score (nSPS) is 28.1. The Kier molecular flexibility index (Phi) is 2.74. The molecule has 0 bridgehead atoms. The fourth-order valence-corrected chi connectivity index (χ4v) is 1.83. The monoisotopic (exact) mass is 133 g/mol. The zero-order valence-electron chi connectivity index (χ0n) is 4.93. The second-order valence-corrected chi connectivity index (χ2v) is 3.42. The van der Waals surface area contributed by atoms with Crippen LogP contribution in [0.4, 0.5) is 0 Å². The Morgan fingerprint density at radius 1 is 1.25 bits per heavy atom. The molecule has 0 aliphatic carbocycles. The minimum atomic E-state index is 0.657. The van der Waals surface area contributed by atoms with E-state index in [-0.39, 0.29) is 0 Å². The van der Waals surface area contributed by atoms with E-state index in [0.717, 1.165) is 6.54 Å². The molecule has 0 aromatic rings. The molecule has 1 N–H and O–H groups in total. The summed E-state index contributed by atoms with van der Waals surface area (Å²) in [5.41, 5.74) is 0. The molecular formula is C5H12NOP. The maximum absolute atomic E-state index is 8.93. The lowest BCUT2D eigenvalue weighted by atomic mass is 10.3. The largest absolute Gasteiger partial charge is 0.311 e. The second kappa shape index (κ2) is 3.39. The van der Waals surface area contributed by atoms with E-state index in [0.29, 0.717) is 8.73 Å². The molecule has 0 aromatic heterocycles. The summed E-state index contributed by atoms with van der Waals surface area (Å²) in [7, 11) is 0.657. The molecule has 1 atom stereocenters. The fraction of sp³-hybridized carbons (Fsp3) is 1.00. The van der Waals surface area contributed by atoms with Crippen molar-refractivity contribution < 1.29 is 5.21 Å². The number of nitrogens with zero attached hydrogens (tertiary/aromatic N) is 1. The lowest BCUT2D eigenvalue weighted by molar-refractivity contribution is 0.0125. The molecule has 0 saturated carbocycles. The van der Waals surface area contributed by atoms with Gasteiger partial charge in [-0.05, 0) is 27.7 Å². The van der Waals surface area contributed by atoms with Crippen molar-refractivity contribution in [1.29, 1.82) is 0 Å². The molecule has 8 heavy (non-hydrogen) atoms. The van der Waals surface area contributed by atoms with Gasteiger partial charge in [-0.2, -0.15) is 4.83 Å². The van der Waals surface area contributed by atoms with Gasteiger partial charge in [0.25, 0.3) is 0 Å². The van der Waals surface area contributed by atoms with Crippen LogP contribution < -0.4 is 0 Å². The van der Waals surface area contributed by atoms with E-state index >= 15 is 0 Å². The third kappa shape index (κ3) is 2.08. The van der Waals surface area contributed by atoms with Gasteiger partial charge in [-0.3, -0.25) is 0 Å². The van der Waals surface area contributed by atoms with E-state index < -0.39 is 0 Å². The Morgan fingerprint density at radius 2 is 2.12 bits per heavy atom. The van der Waals surface area contributed by atoms with Crippen LogP contribution in [0.5, 0.6) is 0 Å². The van der Waals surface area contributed by atoms with Gasteiger partial charge in [0.2, 0.25) is 0 Å². The highest BCUT2D eigenvalue weighted by Gasteiger charge is 2.03. The van der Waals surface area contributed by atoms with Crippen LogP contribution in [0.1, 0.15) is 19.3 Å². The highest BCUT2D eigenvalue weighted by atomic mass is 31.1. The van der Waals surface area contributed by atoms with Crippen molar-refractivity contribution in [2.24, 2.45) is 0 Å². The lowest BCUT2D eigenvalue weighted by Gasteiger charge is -2.08. The molecule has 1 heterocycles. The number of rotatable bonds is 0. The minimum Gasteiger partial charge on any atom is -0.311 e. The first-order valence-electron chi connectivity index (χ1n) is 3.09. The highest BCUT2D eigenvalue weighted by Crippen LogP contribution is 2.21. The van der Waals surface area contributed by atoms with Crippen molar-refractivity contribution in [3.63, 3.8) is 0 Å². The zero-order valence-corrected chi connectivity index (χ0v) is 5.93. The topological polar surface area (TPSA) is 23.5 Å². The van der Waals surface area contributed by atoms with Gasteiger partial charge in [-0.15, -0.1) is 0 Å². The van der Waals surface area contributed by atoms with Crippen molar-refractivity contribution >= 4 is 8.73 Å². The van der Waals surface area contributed by atoms with Crippen LogP contribution in [-0.4, -0.2) is 22.7 Å². The fourth-order valence-electron chi connectivity index (χ4n) is 0.851. The van der Waals surface area contributed by atoms with Crippen LogP contribution in [0.2, 0.25) is 0 Å². The Morgan fingerprint density at radius 3 is 3.00 bits per heavy atom. The zero-order chi connectivity index (χ0) is 5.82. The van der Waals surface area contributed by atoms with Crippen LogP contribution >= 0.6 is 8.73 Å². The summed E-state index contributed by atoms with van der Waals surface area (Å²) in [6.45, 7) is 0.887. The van der Waals surface area contributed by atoms with Gasteiger partial charge in [0, 0.05) is 6.54 Å². The Balaban J connectivity index is 2.17. The van der Waals surface area contributed by atoms with Crippen molar-refractivity contribution in [3.05, 3.63) is 0 Å². The smallest absolute Gasteiger partial charge is 0.0276 e. The maximum Gasteiger partial charge on any atom is 0.0276 e. The quantitative estimate of drug-likeness (QED) is 0.505. The Labute approximate surface area is 51.7 Å². The summed E-state index contributed by atoms with van der Waals surface area (Å²) in [6, 6.07) is 0. The summed E-state index contributed by atoms with van der Waals surface area (Å²) in [5, 5.41) is 8.93. The molecule has 0 amide bonds. The van der Waals surface area contributed by atoms with E-state index in [1.807, 2.05) is 0 Å². The molecule has 1 rings (SSSR count). The van der Waals surface area contributed by atoms with E-state index in [1.54, 1.807) is 0 Å². The molecule has 1 aliphatic rings. The van der Waals surface area contributed by atoms with Crippen LogP contribution in [0, 0.1) is 0 Å². The molecule has 2 nitrogen and oxygen atoms in total. The summed E-state index contributed by atoms with van der Waals surface area (Å²) in [6.07, 6.45) is 4.96. The van der Waals surface area contributed by atoms with Gasteiger partial charge in [-0.1, -0.05) is 6.42 Å². The third-order valence-corrected chi connectivity index (χ3v) is 2.51. The van der Waals surface area contributed by atoms with Gasteiger partial charge in [0.1, 0.15) is 0 Å². The summed E-state index contributed by atoms with van der Waals surface area (Å²) in [5.74, 6) is 0. The van der Waals surface area contributed by atoms with Crippen LogP contribution in [0.3, 0.4) is 0 Å². The highest BCUT2D eigenvalue weighted by molar-refractivity contribution is 7.34. The predicted molar refractivity (Wildman–Crippen MR) is 35.5 cm³/mol. The van der Waals surface area contributed by atoms with Crippen LogP contribution in [0.25, 0.3) is 0 Å². The van der Waals surface area contributed by atoms with Gasteiger partial charge in [-0.25, -0.2) is 0 Å². The molecule has 0 radical (unpaired) electrons. The standard InChI is InChI=1S/C5H12NOP/c7-6-4-2-1-3-5-8-6/h7-8H,1-5H2. The first-order valence-corrected chi connectivity index (χ1v) is 4.25. The Bertz CT molecular complexity index is 61.4. The van der Waals surface area contributed by atoms with E-state index in [2.05, 4.69) is 0 Å². The SMILES string of the molecule is ON1CCCCCP1. The lowest BCUT2D eigenvalue weighted by Crippen LogP contribution is -2.07. The predicted octanol–water partition coefficient (Wildman–Crippen LogP) is 1.45. The molecule has 48 valence electrons. The van der Waals surface area contributed by atoms with E-state index in [1.165, 1.54) is 30.3 Å². The average molecular weight is 133 g/mol. The molecule has 1 saturated heterocycles. The van der Waals surface area contributed by atoms with Crippen molar-refractivity contribution in [2.45, 2.75) is 19.3 Å². The molecule has 1 fully saturated rings. The number of hydroxylamine groups is 1. The summed E-state index contributed by atoms with van der Waals surface area (Å²) < 4.78 is 0. The van der Waals surface area contributed by atoms with Crippen molar-refractivity contribution in [1.82, 2.24) is 4.83 Å². The first kappa shape index (κ1) is 6.47. The molecule has 1 aliphatic heterocycles. The maximum atomic E-state index is 8.93. The Hall–Kier alpha value is 0.350. The molecule has 0 spiro atoms. The first-order chi connectivity index (χ1) is 3.89. The van der Waals surface area contributed by atoms with Gasteiger partial charge in [0.15, 0.2) is 0 Å². The summed E-state index contributed by atoms with van der Waals surface area (Å²) in [4.78, 5) is 1.45. The molecule has 0 aromatic carbocycles. The van der Waals surface area contributed by atoms with Gasteiger partial charge >= 0.3 is 0 Å². The number of hydrogen-bond acceptors (Lipinski definition) is 2. The van der Waals surface area contributed by atoms with Crippen LogP contribution in [0.15, 0.2) is 0 Å². The van der Waals surface area contributed by atoms with E-state index in [4.69, 9.17) is 5.21 Å². The molecule has 1 unspecified atom stereocenters. The molecular weight excluding hydrogens is 121 g/mol. The minimum absolute atomic E-state index is 0.657.